The van der Waals surface area contributed by atoms with Crippen LogP contribution in [0.15, 0.2) is 15.8 Å². The first kappa shape index (κ1) is 18.4. The molecule has 1 saturated heterocycles. The lowest BCUT2D eigenvalue weighted by atomic mass is 10.1. The normalized spacial score (nSPS) is 26.4. The Morgan fingerprint density at radius 3 is 2.75 bits per heavy atom. The molecule has 1 aliphatic heterocycles. The lowest BCUT2D eigenvalue weighted by molar-refractivity contribution is -0.0625. The third-order valence-corrected chi connectivity index (χ3v) is 3.63. The molecule has 3 N–H and O–H groups in total. The van der Waals surface area contributed by atoms with Crippen molar-refractivity contribution in [2.45, 2.75) is 24.5 Å². The minimum Gasteiger partial charge on any atom is -0.394 e. The second-order valence-electron chi connectivity index (χ2n) is 5.69. The Hall–Kier alpha value is -1.96. The number of hydrogen-bond acceptors (Lipinski definition) is 7. The van der Waals surface area contributed by atoms with Gasteiger partial charge in [-0.15, -0.1) is 0 Å². The van der Waals surface area contributed by atoms with Gasteiger partial charge in [0, 0.05) is 13.3 Å². The SMILES string of the molecule is COC1[C@H](n2cc(C#CCN(C)C)c(=O)[nH]c2=O)O[C@H](CO)[C@H]1O. The summed E-state index contributed by atoms with van der Waals surface area (Å²) in [5.41, 5.74) is -1.22. The average Bonchev–Trinajstić information content (AvgIpc) is 2.84. The molecule has 132 valence electrons. The third kappa shape index (κ3) is 3.75. The zero-order chi connectivity index (χ0) is 17.9. The van der Waals surface area contributed by atoms with Gasteiger partial charge in [-0.25, -0.2) is 4.79 Å². The van der Waals surface area contributed by atoms with Crippen LogP contribution in [-0.2, 0) is 9.47 Å². The molecule has 0 radical (unpaired) electrons. The Morgan fingerprint density at radius 2 is 2.17 bits per heavy atom. The van der Waals surface area contributed by atoms with Crippen molar-refractivity contribution in [1.82, 2.24) is 14.5 Å². The molecule has 9 heteroatoms. The number of hydrogen-bond donors (Lipinski definition) is 3. The maximum atomic E-state index is 12.1. The lowest BCUT2D eigenvalue weighted by Gasteiger charge is -2.20. The summed E-state index contributed by atoms with van der Waals surface area (Å²) in [6, 6.07) is 0. The fourth-order valence-corrected chi connectivity index (χ4v) is 2.40. The molecule has 9 nitrogen and oxygen atoms in total. The molecule has 0 amide bonds. The molecule has 1 aromatic rings. The average molecular weight is 339 g/mol. The molecule has 4 atom stereocenters. The maximum absolute atomic E-state index is 12.1. The van der Waals surface area contributed by atoms with Crippen LogP contribution in [0.1, 0.15) is 11.8 Å². The molecule has 0 bridgehead atoms. The molecule has 1 unspecified atom stereocenters. The molecule has 2 heterocycles. The van der Waals surface area contributed by atoms with E-state index in [1.807, 2.05) is 19.0 Å². The molecule has 0 aromatic carbocycles. The van der Waals surface area contributed by atoms with E-state index in [4.69, 9.17) is 9.47 Å². The van der Waals surface area contributed by atoms with Crippen molar-refractivity contribution in [2.75, 3.05) is 34.4 Å². The number of aliphatic hydroxyl groups is 2. The van der Waals surface area contributed by atoms with Gasteiger partial charge in [-0.1, -0.05) is 11.8 Å². The topological polar surface area (TPSA) is 117 Å². The van der Waals surface area contributed by atoms with Crippen LogP contribution in [0.5, 0.6) is 0 Å². The van der Waals surface area contributed by atoms with E-state index < -0.39 is 42.4 Å². The predicted octanol–water partition coefficient (Wildman–Crippen LogP) is -2.28. The monoisotopic (exact) mass is 339 g/mol. The summed E-state index contributed by atoms with van der Waals surface area (Å²) in [6.07, 6.45) is -2.57. The molecular weight excluding hydrogens is 318 g/mol. The van der Waals surface area contributed by atoms with Crippen molar-refractivity contribution >= 4 is 0 Å². The molecule has 1 aromatic heterocycles. The van der Waals surface area contributed by atoms with Crippen molar-refractivity contribution < 1.29 is 19.7 Å². The number of nitrogens with one attached hydrogen (secondary N) is 1. The number of H-pyrrole nitrogens is 1. The van der Waals surface area contributed by atoms with Crippen molar-refractivity contribution in [2.24, 2.45) is 0 Å². The van der Waals surface area contributed by atoms with Crippen LogP contribution in [0.4, 0.5) is 0 Å². The second kappa shape index (κ2) is 7.74. The van der Waals surface area contributed by atoms with Crippen molar-refractivity contribution in [1.29, 1.82) is 0 Å². The molecule has 1 fully saturated rings. The van der Waals surface area contributed by atoms with Crippen LogP contribution >= 0.6 is 0 Å². The number of aromatic nitrogens is 2. The van der Waals surface area contributed by atoms with Gasteiger partial charge in [-0.05, 0) is 14.1 Å². The van der Waals surface area contributed by atoms with E-state index in [9.17, 15) is 19.8 Å². The quantitative estimate of drug-likeness (QED) is 0.529. The maximum Gasteiger partial charge on any atom is 0.330 e. The summed E-state index contributed by atoms with van der Waals surface area (Å²) in [5, 5.41) is 19.3. The van der Waals surface area contributed by atoms with Crippen molar-refractivity contribution in [3.05, 3.63) is 32.6 Å². The zero-order valence-corrected chi connectivity index (χ0v) is 13.7. The summed E-state index contributed by atoms with van der Waals surface area (Å²) < 4.78 is 11.8. The molecule has 0 saturated carbocycles. The smallest absolute Gasteiger partial charge is 0.330 e. The zero-order valence-electron chi connectivity index (χ0n) is 13.7. The van der Waals surface area contributed by atoms with E-state index in [0.29, 0.717) is 6.54 Å². The number of aromatic amines is 1. The fourth-order valence-electron chi connectivity index (χ4n) is 2.40. The lowest BCUT2D eigenvalue weighted by Crippen LogP contribution is -2.39. The van der Waals surface area contributed by atoms with Crippen molar-refractivity contribution in [3.63, 3.8) is 0 Å². The van der Waals surface area contributed by atoms with Crippen LogP contribution in [0.3, 0.4) is 0 Å². The molecular formula is C15H21N3O6. The highest BCUT2D eigenvalue weighted by molar-refractivity contribution is 5.30. The summed E-state index contributed by atoms with van der Waals surface area (Å²) in [5.74, 6) is 5.51. The summed E-state index contributed by atoms with van der Waals surface area (Å²) in [4.78, 5) is 28.0. The highest BCUT2D eigenvalue weighted by atomic mass is 16.6. The number of methoxy groups -OCH3 is 1. The van der Waals surface area contributed by atoms with Crippen LogP contribution in [0.2, 0.25) is 0 Å². The van der Waals surface area contributed by atoms with Gasteiger partial charge < -0.3 is 19.7 Å². The number of ether oxygens (including phenoxy) is 2. The highest BCUT2D eigenvalue weighted by Crippen LogP contribution is 2.30. The van der Waals surface area contributed by atoms with E-state index in [-0.39, 0.29) is 5.56 Å². The van der Waals surface area contributed by atoms with Gasteiger partial charge in [-0.2, -0.15) is 0 Å². The number of rotatable bonds is 4. The largest absolute Gasteiger partial charge is 0.394 e. The standard InChI is InChI=1S/C15H21N3O6/c1-17(2)6-4-5-9-7-18(15(22)16-13(9)21)14-12(23-3)11(20)10(8-19)24-14/h7,10-12,14,19-20H,6,8H2,1-3H3,(H,16,21,22)/t10-,11-,12?,14-/m1/s1. The number of aliphatic hydroxyl groups excluding tert-OH is 2. The predicted molar refractivity (Wildman–Crippen MR) is 84.6 cm³/mol. The van der Waals surface area contributed by atoms with E-state index in [2.05, 4.69) is 16.8 Å². The van der Waals surface area contributed by atoms with Gasteiger partial charge in [0.25, 0.3) is 5.56 Å². The Bertz CT molecular complexity index is 744. The third-order valence-electron chi connectivity index (χ3n) is 3.63. The Labute approximate surface area is 138 Å². The molecule has 0 aliphatic carbocycles. The van der Waals surface area contributed by atoms with Crippen LogP contribution in [-0.4, -0.2) is 77.3 Å². The van der Waals surface area contributed by atoms with Crippen LogP contribution in [0, 0.1) is 11.8 Å². The van der Waals surface area contributed by atoms with Gasteiger partial charge in [-0.3, -0.25) is 19.2 Å². The second-order valence-corrected chi connectivity index (χ2v) is 5.69. The molecule has 0 spiro atoms. The van der Waals surface area contributed by atoms with E-state index in [1.165, 1.54) is 13.3 Å². The van der Waals surface area contributed by atoms with E-state index >= 15 is 0 Å². The molecule has 1 aliphatic rings. The van der Waals surface area contributed by atoms with Crippen molar-refractivity contribution in [3.8, 4) is 11.8 Å². The van der Waals surface area contributed by atoms with Gasteiger partial charge in [0.2, 0.25) is 0 Å². The summed E-state index contributed by atoms with van der Waals surface area (Å²) >= 11 is 0. The highest BCUT2D eigenvalue weighted by Gasteiger charge is 2.45. The minimum atomic E-state index is -1.10. The molecule has 24 heavy (non-hydrogen) atoms. The van der Waals surface area contributed by atoms with Crippen LogP contribution < -0.4 is 11.2 Å². The van der Waals surface area contributed by atoms with Gasteiger partial charge >= 0.3 is 5.69 Å². The summed E-state index contributed by atoms with van der Waals surface area (Å²) in [6.45, 7) is 0.0234. The first-order chi connectivity index (χ1) is 11.4. The minimum absolute atomic E-state index is 0.0943. The van der Waals surface area contributed by atoms with Crippen LogP contribution in [0.25, 0.3) is 0 Å². The van der Waals surface area contributed by atoms with E-state index in [1.54, 1.807) is 0 Å². The Kier molecular flexibility index (Phi) is 5.93. The first-order valence-corrected chi connectivity index (χ1v) is 7.35. The Balaban J connectivity index is 2.41. The number of nitrogens with zero attached hydrogens (tertiary/aromatic N) is 2. The van der Waals surface area contributed by atoms with E-state index in [0.717, 1.165) is 4.57 Å². The summed E-state index contributed by atoms with van der Waals surface area (Å²) in [7, 11) is 5.04. The first-order valence-electron chi connectivity index (χ1n) is 7.35. The Morgan fingerprint density at radius 1 is 1.46 bits per heavy atom. The van der Waals surface area contributed by atoms with Gasteiger partial charge in [0.15, 0.2) is 6.23 Å². The van der Waals surface area contributed by atoms with Gasteiger partial charge in [0.05, 0.1) is 13.2 Å². The molecule has 2 rings (SSSR count). The van der Waals surface area contributed by atoms with Gasteiger partial charge in [0.1, 0.15) is 23.9 Å². The fraction of sp³-hybridized carbons (Fsp3) is 0.600.